The molecular formula is C21H23N2O6-. The van der Waals surface area contributed by atoms with Gasteiger partial charge in [0.1, 0.15) is 12.4 Å². The van der Waals surface area contributed by atoms with Gasteiger partial charge in [-0.15, -0.1) is 0 Å². The third-order valence-electron chi connectivity index (χ3n) is 4.30. The van der Waals surface area contributed by atoms with Crippen LogP contribution >= 0.6 is 0 Å². The standard InChI is InChI=1S/C21H23NO3.NO3/c1-22(2)11-5-8-18-17-7-4-3-6-16(17)14-25-20-10-9-15(12-19(18)20)13-21(23)24;2-1(3)4/h3-4,6-10,12H,5,11,13-14H2,1-2H3,(H,23,24);/q;-1/b18-8-;. The van der Waals surface area contributed by atoms with Crippen molar-refractivity contribution in [2.24, 2.45) is 0 Å². The van der Waals surface area contributed by atoms with E-state index < -0.39 is 11.1 Å². The molecule has 0 fully saturated rings. The molecule has 0 unspecified atom stereocenters. The highest BCUT2D eigenvalue weighted by molar-refractivity contribution is 5.85. The van der Waals surface area contributed by atoms with E-state index in [1.165, 1.54) is 0 Å². The van der Waals surface area contributed by atoms with Crippen LogP contribution in [-0.4, -0.2) is 41.7 Å². The summed E-state index contributed by atoms with van der Waals surface area (Å²) in [6, 6.07) is 13.9. The van der Waals surface area contributed by atoms with Crippen molar-refractivity contribution in [2.75, 3.05) is 20.6 Å². The molecule has 0 spiro atoms. The minimum Gasteiger partial charge on any atom is -0.488 e. The van der Waals surface area contributed by atoms with Gasteiger partial charge in [-0.2, -0.15) is 0 Å². The van der Waals surface area contributed by atoms with Gasteiger partial charge in [0.2, 0.25) is 0 Å². The summed E-state index contributed by atoms with van der Waals surface area (Å²) in [6.07, 6.45) is 3.16. The zero-order chi connectivity index (χ0) is 21.4. The molecule has 0 aliphatic carbocycles. The largest absolute Gasteiger partial charge is 0.488 e. The predicted molar refractivity (Wildman–Crippen MR) is 109 cm³/mol. The molecular weight excluding hydrogens is 376 g/mol. The van der Waals surface area contributed by atoms with Gasteiger partial charge in [-0.25, -0.2) is 0 Å². The van der Waals surface area contributed by atoms with Gasteiger partial charge in [-0.05, 0) is 54.9 Å². The van der Waals surface area contributed by atoms with Crippen molar-refractivity contribution >= 4 is 11.5 Å². The van der Waals surface area contributed by atoms with Crippen molar-refractivity contribution in [3.63, 3.8) is 0 Å². The molecule has 1 N–H and O–H groups in total. The minimum absolute atomic E-state index is 0.0138. The number of nitrogens with zero attached hydrogens (tertiary/aromatic N) is 2. The Balaban J connectivity index is 0.000000687. The summed E-state index contributed by atoms with van der Waals surface area (Å²) in [5.41, 5.74) is 5.19. The van der Waals surface area contributed by atoms with Crippen LogP contribution < -0.4 is 4.74 Å². The summed E-state index contributed by atoms with van der Waals surface area (Å²) < 4.78 is 5.99. The fraction of sp³-hybridized carbons (Fsp3) is 0.286. The second-order valence-corrected chi connectivity index (χ2v) is 6.78. The average molecular weight is 399 g/mol. The Bertz CT molecular complexity index is 904. The molecule has 1 aliphatic heterocycles. The van der Waals surface area contributed by atoms with E-state index in [0.717, 1.165) is 46.5 Å². The average Bonchev–Trinajstić information content (AvgIpc) is 2.78. The lowest BCUT2D eigenvalue weighted by Gasteiger charge is -2.13. The smallest absolute Gasteiger partial charge is 0.307 e. The molecule has 0 bridgehead atoms. The summed E-state index contributed by atoms with van der Waals surface area (Å²) in [4.78, 5) is 21.5. The molecule has 0 atom stereocenters. The number of carboxylic acid groups (broad SMARTS) is 1. The van der Waals surface area contributed by atoms with Gasteiger partial charge in [-0.1, -0.05) is 36.4 Å². The van der Waals surface area contributed by atoms with Gasteiger partial charge in [0, 0.05) is 12.1 Å². The summed E-state index contributed by atoms with van der Waals surface area (Å²) in [6.45, 7) is 1.48. The zero-order valence-electron chi connectivity index (χ0n) is 16.3. The van der Waals surface area contributed by atoms with Crippen LogP contribution in [0.3, 0.4) is 0 Å². The van der Waals surface area contributed by atoms with Gasteiger partial charge >= 0.3 is 5.97 Å². The molecule has 0 aromatic heterocycles. The van der Waals surface area contributed by atoms with E-state index in [0.29, 0.717) is 6.61 Å². The number of ether oxygens (including phenoxy) is 1. The molecule has 2 aromatic carbocycles. The third kappa shape index (κ3) is 6.62. The number of carbonyl (C=O) groups is 1. The summed E-state index contributed by atoms with van der Waals surface area (Å²) in [5.74, 6) is -0.0190. The van der Waals surface area contributed by atoms with Crippen molar-refractivity contribution < 1.29 is 19.7 Å². The SMILES string of the molecule is CN(C)CC/C=C1/c2ccccc2COc2ccc(CC(=O)O)cc21.O=[N+]([O-])[O-]. The molecule has 8 nitrogen and oxygen atoms in total. The number of benzene rings is 2. The van der Waals surface area contributed by atoms with Crippen LogP contribution in [0, 0.1) is 15.3 Å². The van der Waals surface area contributed by atoms with Crippen LogP contribution in [0.25, 0.3) is 5.57 Å². The van der Waals surface area contributed by atoms with E-state index in [9.17, 15) is 4.79 Å². The lowest BCUT2D eigenvalue weighted by Crippen LogP contribution is -2.12. The first kappa shape index (κ1) is 21.9. The molecule has 3 rings (SSSR count). The van der Waals surface area contributed by atoms with Crippen LogP contribution in [0.5, 0.6) is 5.75 Å². The number of hydrogen-bond donors (Lipinski definition) is 1. The molecule has 0 saturated heterocycles. The highest BCUT2D eigenvalue weighted by Crippen LogP contribution is 2.37. The summed E-state index contributed by atoms with van der Waals surface area (Å²) >= 11 is 0. The monoisotopic (exact) mass is 399 g/mol. The van der Waals surface area contributed by atoms with Crippen molar-refractivity contribution in [1.82, 2.24) is 4.90 Å². The highest BCUT2D eigenvalue weighted by atomic mass is 16.9. The van der Waals surface area contributed by atoms with Gasteiger partial charge < -0.3 is 30.1 Å². The molecule has 1 heterocycles. The van der Waals surface area contributed by atoms with Gasteiger partial charge in [0.05, 0.1) is 11.5 Å². The third-order valence-corrected chi connectivity index (χ3v) is 4.30. The molecule has 8 heteroatoms. The molecule has 1 aliphatic rings. The molecule has 2 aromatic rings. The van der Waals surface area contributed by atoms with E-state index in [2.05, 4.69) is 37.2 Å². The Labute approximate surface area is 168 Å². The Morgan fingerprint density at radius 3 is 2.55 bits per heavy atom. The second-order valence-electron chi connectivity index (χ2n) is 6.78. The predicted octanol–water partition coefficient (Wildman–Crippen LogP) is 3.35. The fourth-order valence-electron chi connectivity index (χ4n) is 3.09. The van der Waals surface area contributed by atoms with Crippen molar-refractivity contribution in [3.8, 4) is 5.75 Å². The number of fused-ring (bicyclic) bond motifs is 2. The van der Waals surface area contributed by atoms with E-state index >= 15 is 0 Å². The van der Waals surface area contributed by atoms with Crippen LogP contribution in [-0.2, 0) is 17.8 Å². The molecule has 0 saturated carbocycles. The van der Waals surface area contributed by atoms with E-state index in [-0.39, 0.29) is 6.42 Å². The van der Waals surface area contributed by atoms with E-state index in [1.807, 2.05) is 30.3 Å². The number of hydrogen-bond acceptors (Lipinski definition) is 6. The van der Waals surface area contributed by atoms with E-state index in [4.69, 9.17) is 25.2 Å². The molecule has 29 heavy (non-hydrogen) atoms. The Morgan fingerprint density at radius 1 is 1.21 bits per heavy atom. The normalized spacial score (nSPS) is 13.4. The lowest BCUT2D eigenvalue weighted by atomic mass is 9.92. The number of aliphatic carboxylic acids is 1. The first-order valence-corrected chi connectivity index (χ1v) is 9.00. The highest BCUT2D eigenvalue weighted by Gasteiger charge is 2.19. The zero-order valence-corrected chi connectivity index (χ0v) is 16.3. The van der Waals surface area contributed by atoms with Crippen molar-refractivity contribution in [3.05, 3.63) is 86.1 Å². The van der Waals surface area contributed by atoms with Crippen LogP contribution in [0.1, 0.15) is 28.7 Å². The Morgan fingerprint density at radius 2 is 1.90 bits per heavy atom. The van der Waals surface area contributed by atoms with Gasteiger partial charge in [0.15, 0.2) is 0 Å². The minimum atomic E-state index is -1.75. The topological polar surface area (TPSA) is 116 Å². The first-order valence-electron chi connectivity index (χ1n) is 9.00. The maximum absolute atomic E-state index is 11.1. The number of rotatable bonds is 5. The van der Waals surface area contributed by atoms with Crippen molar-refractivity contribution in [2.45, 2.75) is 19.4 Å². The second kappa shape index (κ2) is 10.2. The van der Waals surface area contributed by atoms with Crippen LogP contribution in [0.2, 0.25) is 0 Å². The molecule has 0 amide bonds. The molecule has 154 valence electrons. The summed E-state index contributed by atoms with van der Waals surface area (Å²) in [7, 11) is 4.11. The maximum Gasteiger partial charge on any atom is 0.307 e. The number of carboxylic acids is 1. The molecule has 0 radical (unpaired) electrons. The quantitative estimate of drug-likeness (QED) is 0.605. The van der Waals surface area contributed by atoms with Gasteiger partial charge in [0.25, 0.3) is 0 Å². The summed E-state index contributed by atoms with van der Waals surface area (Å²) in [5, 5.41) is 23.9. The lowest BCUT2D eigenvalue weighted by molar-refractivity contribution is -0.402. The Kier molecular flexibility index (Phi) is 7.73. The van der Waals surface area contributed by atoms with Crippen molar-refractivity contribution in [1.29, 1.82) is 0 Å². The Hall–Kier alpha value is -3.39. The first-order chi connectivity index (χ1) is 13.8. The maximum atomic E-state index is 11.1. The van der Waals surface area contributed by atoms with E-state index in [1.54, 1.807) is 0 Å². The van der Waals surface area contributed by atoms with Crippen LogP contribution in [0.4, 0.5) is 0 Å². The van der Waals surface area contributed by atoms with Crippen LogP contribution in [0.15, 0.2) is 48.5 Å². The van der Waals surface area contributed by atoms with Gasteiger partial charge in [-0.3, -0.25) is 4.79 Å². The fourth-order valence-corrected chi connectivity index (χ4v) is 3.09.